The normalized spacial score (nSPS) is 12.1. The molecule has 0 aliphatic rings. The molecule has 0 aromatic carbocycles. The van der Waals surface area contributed by atoms with Gasteiger partial charge in [0.05, 0.1) is 6.20 Å². The van der Waals surface area contributed by atoms with Crippen LogP contribution in [-0.2, 0) is 11.8 Å². The first-order chi connectivity index (χ1) is 7.04. The topological polar surface area (TPSA) is 97.1 Å². The number of aromatic nitrogens is 3. The summed E-state index contributed by atoms with van der Waals surface area (Å²) < 4.78 is 1.35. The second-order valence-corrected chi connectivity index (χ2v) is 3.19. The summed E-state index contributed by atoms with van der Waals surface area (Å²) in [6.45, 7) is 0. The molecule has 1 rings (SSSR count). The van der Waals surface area contributed by atoms with Crippen molar-refractivity contribution in [2.24, 2.45) is 7.05 Å². The highest BCUT2D eigenvalue weighted by Gasteiger charge is 2.20. The molecule has 15 heavy (non-hydrogen) atoms. The molecular weight excluding hydrogens is 220 g/mol. The number of carbonyl (C=O) groups is 2. The number of hydrogen-bond donors (Lipinski definition) is 3. The van der Waals surface area contributed by atoms with Gasteiger partial charge >= 0.3 is 5.97 Å². The highest BCUT2D eigenvalue weighted by molar-refractivity contribution is 7.80. The van der Waals surface area contributed by atoms with Gasteiger partial charge in [0.1, 0.15) is 6.04 Å². The van der Waals surface area contributed by atoms with Crippen molar-refractivity contribution in [3.05, 3.63) is 11.9 Å². The van der Waals surface area contributed by atoms with Gasteiger partial charge in [-0.05, 0) is 0 Å². The molecular formula is C7H10N4O3S. The first kappa shape index (κ1) is 11.5. The first-order valence-corrected chi connectivity index (χ1v) is 4.68. The van der Waals surface area contributed by atoms with E-state index in [0.717, 1.165) is 0 Å². The van der Waals surface area contributed by atoms with Crippen molar-refractivity contribution in [2.45, 2.75) is 6.04 Å². The fourth-order valence-corrected chi connectivity index (χ4v) is 1.12. The number of carboxylic acid groups (broad SMARTS) is 1. The maximum Gasteiger partial charge on any atom is 0.327 e. The molecule has 0 saturated heterocycles. The van der Waals surface area contributed by atoms with Crippen LogP contribution >= 0.6 is 12.6 Å². The summed E-state index contributed by atoms with van der Waals surface area (Å²) in [6, 6.07) is -1.03. The van der Waals surface area contributed by atoms with E-state index in [-0.39, 0.29) is 11.4 Å². The molecule has 0 spiro atoms. The van der Waals surface area contributed by atoms with E-state index in [0.29, 0.717) is 0 Å². The fourth-order valence-electron chi connectivity index (χ4n) is 0.869. The molecule has 82 valence electrons. The third-order valence-electron chi connectivity index (χ3n) is 1.62. The molecule has 1 aromatic heterocycles. The number of nitrogens with one attached hydrogen (secondary N) is 1. The van der Waals surface area contributed by atoms with Crippen LogP contribution < -0.4 is 5.32 Å². The third-order valence-corrected chi connectivity index (χ3v) is 1.99. The van der Waals surface area contributed by atoms with Crippen molar-refractivity contribution in [1.29, 1.82) is 0 Å². The Morgan fingerprint density at radius 3 is 2.80 bits per heavy atom. The van der Waals surface area contributed by atoms with E-state index >= 15 is 0 Å². The van der Waals surface area contributed by atoms with Crippen molar-refractivity contribution in [3.63, 3.8) is 0 Å². The number of hydrogen-bond acceptors (Lipinski definition) is 5. The largest absolute Gasteiger partial charge is 0.480 e. The summed E-state index contributed by atoms with van der Waals surface area (Å²) in [5.74, 6) is -1.70. The number of aryl methyl sites for hydroxylation is 1. The number of amides is 1. The maximum absolute atomic E-state index is 11.4. The molecule has 1 amide bonds. The van der Waals surface area contributed by atoms with Gasteiger partial charge in [-0.15, -0.1) is 5.10 Å². The number of carbonyl (C=O) groups excluding carboxylic acids is 1. The third kappa shape index (κ3) is 2.94. The average molecular weight is 230 g/mol. The Morgan fingerprint density at radius 2 is 2.40 bits per heavy atom. The predicted molar refractivity (Wildman–Crippen MR) is 53.7 cm³/mol. The zero-order valence-corrected chi connectivity index (χ0v) is 8.81. The average Bonchev–Trinajstić information content (AvgIpc) is 2.60. The van der Waals surface area contributed by atoms with E-state index in [9.17, 15) is 9.59 Å². The Balaban J connectivity index is 2.66. The Kier molecular flexibility index (Phi) is 3.67. The summed E-state index contributed by atoms with van der Waals surface area (Å²) in [5.41, 5.74) is 0.0746. The Labute approximate surface area is 90.9 Å². The molecule has 2 N–H and O–H groups in total. The van der Waals surface area contributed by atoms with E-state index in [1.807, 2.05) is 0 Å². The molecule has 1 unspecified atom stereocenters. The van der Waals surface area contributed by atoms with E-state index < -0.39 is 17.9 Å². The number of aliphatic carboxylic acids is 1. The molecule has 0 fully saturated rings. The van der Waals surface area contributed by atoms with Crippen LogP contribution in [0.5, 0.6) is 0 Å². The van der Waals surface area contributed by atoms with Crippen molar-refractivity contribution >= 4 is 24.5 Å². The monoisotopic (exact) mass is 230 g/mol. The van der Waals surface area contributed by atoms with Crippen LogP contribution in [0.15, 0.2) is 6.20 Å². The minimum absolute atomic E-state index is 0.0152. The number of rotatable bonds is 4. The Bertz CT molecular complexity index is 378. The summed E-state index contributed by atoms with van der Waals surface area (Å²) >= 11 is 3.81. The van der Waals surface area contributed by atoms with Crippen molar-refractivity contribution in [2.75, 3.05) is 5.75 Å². The van der Waals surface area contributed by atoms with Gasteiger partial charge in [-0.2, -0.15) is 12.6 Å². The van der Waals surface area contributed by atoms with Crippen LogP contribution in [0, 0.1) is 0 Å². The lowest BCUT2D eigenvalue weighted by Gasteiger charge is -2.09. The minimum atomic E-state index is -1.14. The maximum atomic E-state index is 11.4. The molecule has 1 atom stereocenters. The lowest BCUT2D eigenvalue weighted by atomic mass is 10.3. The number of nitrogens with zero attached hydrogens (tertiary/aromatic N) is 3. The SMILES string of the molecule is Cn1cc(C(=O)NC(CS)C(=O)O)nn1. The quantitative estimate of drug-likeness (QED) is 0.572. The summed E-state index contributed by atoms with van der Waals surface area (Å²) in [6.07, 6.45) is 1.40. The van der Waals surface area contributed by atoms with Crippen LogP contribution in [0.4, 0.5) is 0 Å². The van der Waals surface area contributed by atoms with Gasteiger partial charge in [0.2, 0.25) is 0 Å². The van der Waals surface area contributed by atoms with Crippen LogP contribution in [0.2, 0.25) is 0 Å². The Hall–Kier alpha value is -1.57. The Morgan fingerprint density at radius 1 is 1.73 bits per heavy atom. The van der Waals surface area contributed by atoms with E-state index in [4.69, 9.17) is 5.11 Å². The van der Waals surface area contributed by atoms with Crippen LogP contribution in [0.25, 0.3) is 0 Å². The summed E-state index contributed by atoms with van der Waals surface area (Å²) in [4.78, 5) is 22.0. The molecule has 0 saturated carbocycles. The minimum Gasteiger partial charge on any atom is -0.480 e. The lowest BCUT2D eigenvalue weighted by molar-refractivity contribution is -0.138. The van der Waals surface area contributed by atoms with Crippen molar-refractivity contribution in [1.82, 2.24) is 20.3 Å². The molecule has 1 aromatic rings. The van der Waals surface area contributed by atoms with Gasteiger partial charge in [-0.25, -0.2) is 4.79 Å². The zero-order valence-electron chi connectivity index (χ0n) is 7.91. The van der Waals surface area contributed by atoms with Gasteiger partial charge in [0, 0.05) is 12.8 Å². The number of thiol groups is 1. The molecule has 8 heteroatoms. The van der Waals surface area contributed by atoms with Crippen molar-refractivity contribution < 1.29 is 14.7 Å². The van der Waals surface area contributed by atoms with Gasteiger partial charge in [0.25, 0.3) is 5.91 Å². The van der Waals surface area contributed by atoms with Gasteiger partial charge in [-0.3, -0.25) is 9.48 Å². The summed E-state index contributed by atoms with van der Waals surface area (Å²) in [5, 5.41) is 18.0. The smallest absolute Gasteiger partial charge is 0.327 e. The van der Waals surface area contributed by atoms with Crippen LogP contribution in [0.3, 0.4) is 0 Å². The van der Waals surface area contributed by atoms with E-state index in [1.54, 1.807) is 7.05 Å². The van der Waals surface area contributed by atoms with Crippen molar-refractivity contribution in [3.8, 4) is 0 Å². The van der Waals surface area contributed by atoms with E-state index in [2.05, 4.69) is 28.3 Å². The second kappa shape index (κ2) is 4.78. The highest BCUT2D eigenvalue weighted by Crippen LogP contribution is 1.94. The fraction of sp³-hybridized carbons (Fsp3) is 0.429. The molecule has 0 radical (unpaired) electrons. The molecule has 7 nitrogen and oxygen atoms in total. The van der Waals surface area contributed by atoms with Gasteiger partial charge in [0.15, 0.2) is 5.69 Å². The standard InChI is InChI=1S/C7H10N4O3S/c1-11-2-4(9-10-11)6(12)8-5(3-15)7(13)14/h2,5,15H,3H2,1H3,(H,8,12)(H,13,14). The molecule has 0 bridgehead atoms. The lowest BCUT2D eigenvalue weighted by Crippen LogP contribution is -2.42. The van der Waals surface area contributed by atoms with E-state index in [1.165, 1.54) is 10.9 Å². The van der Waals surface area contributed by atoms with Gasteiger partial charge in [-0.1, -0.05) is 5.21 Å². The second-order valence-electron chi connectivity index (χ2n) is 2.82. The molecule has 0 aliphatic carbocycles. The molecule has 1 heterocycles. The first-order valence-electron chi connectivity index (χ1n) is 4.05. The predicted octanol–water partition coefficient (Wildman–Crippen LogP) is -1.07. The number of carboxylic acids is 1. The highest BCUT2D eigenvalue weighted by atomic mass is 32.1. The van der Waals surface area contributed by atoms with Crippen LogP contribution in [-0.4, -0.2) is 43.8 Å². The van der Waals surface area contributed by atoms with Gasteiger partial charge < -0.3 is 10.4 Å². The zero-order chi connectivity index (χ0) is 11.4. The summed E-state index contributed by atoms with van der Waals surface area (Å²) in [7, 11) is 1.61. The van der Waals surface area contributed by atoms with Crippen LogP contribution in [0.1, 0.15) is 10.5 Å². The molecule has 0 aliphatic heterocycles.